The van der Waals surface area contributed by atoms with Gasteiger partial charge >= 0.3 is 5.97 Å². The molecule has 1 saturated carbocycles. The van der Waals surface area contributed by atoms with Crippen LogP contribution in [0.2, 0.25) is 0 Å². The summed E-state index contributed by atoms with van der Waals surface area (Å²) >= 11 is 0. The predicted molar refractivity (Wildman–Crippen MR) is 62.0 cm³/mol. The van der Waals surface area contributed by atoms with Gasteiger partial charge in [0.2, 0.25) is 5.89 Å². The van der Waals surface area contributed by atoms with Gasteiger partial charge in [-0.25, -0.2) is 0 Å². The van der Waals surface area contributed by atoms with Crippen molar-refractivity contribution < 1.29 is 19.2 Å². The van der Waals surface area contributed by atoms with E-state index in [2.05, 4.69) is 10.1 Å². The lowest BCUT2D eigenvalue weighted by Gasteiger charge is -2.10. The van der Waals surface area contributed by atoms with Crippen LogP contribution in [0.25, 0.3) is 0 Å². The summed E-state index contributed by atoms with van der Waals surface area (Å²) in [6.45, 7) is 3.87. The highest BCUT2D eigenvalue weighted by Crippen LogP contribution is 2.42. The third kappa shape index (κ3) is 2.38. The molecule has 0 bridgehead atoms. The molecule has 4 atom stereocenters. The van der Waals surface area contributed by atoms with E-state index in [1.807, 2.05) is 13.8 Å². The molecule has 6 heteroatoms. The van der Waals surface area contributed by atoms with Gasteiger partial charge < -0.3 is 14.4 Å². The second kappa shape index (κ2) is 5.06. The molecule has 1 aromatic rings. The third-order valence-electron chi connectivity index (χ3n) is 3.61. The van der Waals surface area contributed by atoms with E-state index in [-0.39, 0.29) is 12.0 Å². The second-order valence-corrected chi connectivity index (χ2v) is 5.00. The minimum Gasteiger partial charge on any atom is -0.481 e. The fourth-order valence-electron chi connectivity index (χ4n) is 2.51. The standard InChI is InChI=1S/C12H18N2O4/c1-6-4-8(9(5-6)12(15)16)11-13-10(14-18-11)7(2)17-3/h6-9H,4-5H2,1-3H3,(H,15,16). The second-order valence-electron chi connectivity index (χ2n) is 5.00. The molecule has 0 aromatic carbocycles. The first kappa shape index (κ1) is 13.0. The molecule has 1 aromatic heterocycles. The van der Waals surface area contributed by atoms with Crippen LogP contribution in [0.1, 0.15) is 50.4 Å². The first-order valence-electron chi connectivity index (χ1n) is 6.12. The van der Waals surface area contributed by atoms with E-state index in [1.54, 1.807) is 7.11 Å². The van der Waals surface area contributed by atoms with Gasteiger partial charge in [-0.3, -0.25) is 4.79 Å². The van der Waals surface area contributed by atoms with Gasteiger partial charge in [0.25, 0.3) is 0 Å². The molecule has 2 rings (SSSR count). The molecule has 18 heavy (non-hydrogen) atoms. The van der Waals surface area contributed by atoms with E-state index < -0.39 is 11.9 Å². The largest absolute Gasteiger partial charge is 0.481 e. The zero-order valence-corrected chi connectivity index (χ0v) is 10.8. The lowest BCUT2D eigenvalue weighted by atomic mass is 9.96. The zero-order chi connectivity index (χ0) is 13.3. The van der Waals surface area contributed by atoms with Crippen LogP contribution in [-0.4, -0.2) is 28.3 Å². The summed E-state index contributed by atoms with van der Waals surface area (Å²) in [6.07, 6.45) is 1.20. The summed E-state index contributed by atoms with van der Waals surface area (Å²) in [4.78, 5) is 15.5. The molecule has 1 heterocycles. The van der Waals surface area contributed by atoms with Crippen molar-refractivity contribution in [1.29, 1.82) is 0 Å². The fourth-order valence-corrected chi connectivity index (χ4v) is 2.51. The normalized spacial score (nSPS) is 29.4. The van der Waals surface area contributed by atoms with E-state index >= 15 is 0 Å². The highest BCUT2D eigenvalue weighted by molar-refractivity contribution is 5.71. The monoisotopic (exact) mass is 254 g/mol. The molecule has 1 fully saturated rings. The Labute approximate surface area is 105 Å². The number of carboxylic acids is 1. The van der Waals surface area contributed by atoms with Gasteiger partial charge in [-0.05, 0) is 25.7 Å². The van der Waals surface area contributed by atoms with E-state index in [0.29, 0.717) is 24.1 Å². The Morgan fingerprint density at radius 1 is 1.56 bits per heavy atom. The minimum absolute atomic E-state index is 0.178. The molecular formula is C12H18N2O4. The number of carboxylic acid groups (broad SMARTS) is 1. The summed E-state index contributed by atoms with van der Waals surface area (Å²) in [5, 5.41) is 13.1. The van der Waals surface area contributed by atoms with E-state index in [0.717, 1.165) is 6.42 Å². The van der Waals surface area contributed by atoms with Crippen LogP contribution < -0.4 is 0 Å². The molecule has 0 amide bonds. The van der Waals surface area contributed by atoms with E-state index in [4.69, 9.17) is 9.26 Å². The molecule has 4 unspecified atom stereocenters. The number of carbonyl (C=O) groups is 1. The zero-order valence-electron chi connectivity index (χ0n) is 10.8. The van der Waals surface area contributed by atoms with Crippen molar-refractivity contribution in [2.24, 2.45) is 11.8 Å². The topological polar surface area (TPSA) is 85.5 Å². The molecule has 0 radical (unpaired) electrons. The Hall–Kier alpha value is -1.43. The Morgan fingerprint density at radius 3 is 2.89 bits per heavy atom. The Kier molecular flexibility index (Phi) is 3.65. The summed E-state index contributed by atoms with van der Waals surface area (Å²) in [5.41, 5.74) is 0. The summed E-state index contributed by atoms with van der Waals surface area (Å²) < 4.78 is 10.3. The van der Waals surface area contributed by atoms with Gasteiger partial charge in [0.1, 0.15) is 6.10 Å². The number of rotatable bonds is 4. The molecule has 1 aliphatic carbocycles. The Balaban J connectivity index is 2.20. The molecule has 0 aliphatic heterocycles. The van der Waals surface area contributed by atoms with Crippen LogP contribution in [-0.2, 0) is 9.53 Å². The summed E-state index contributed by atoms with van der Waals surface area (Å²) in [6, 6.07) is 0. The smallest absolute Gasteiger partial charge is 0.307 e. The van der Waals surface area contributed by atoms with Gasteiger partial charge in [0.05, 0.1) is 11.8 Å². The van der Waals surface area contributed by atoms with Crippen LogP contribution in [0.5, 0.6) is 0 Å². The van der Waals surface area contributed by atoms with Crippen molar-refractivity contribution in [2.75, 3.05) is 7.11 Å². The fraction of sp³-hybridized carbons (Fsp3) is 0.750. The lowest BCUT2D eigenvalue weighted by Crippen LogP contribution is -2.17. The number of hydrogen-bond acceptors (Lipinski definition) is 5. The number of ether oxygens (including phenoxy) is 1. The first-order chi connectivity index (χ1) is 8.52. The van der Waals surface area contributed by atoms with Crippen molar-refractivity contribution >= 4 is 5.97 Å². The number of aromatic nitrogens is 2. The van der Waals surface area contributed by atoms with Crippen LogP contribution in [0, 0.1) is 11.8 Å². The first-order valence-corrected chi connectivity index (χ1v) is 6.12. The van der Waals surface area contributed by atoms with Crippen molar-refractivity contribution in [2.45, 2.75) is 38.7 Å². The molecule has 6 nitrogen and oxygen atoms in total. The van der Waals surface area contributed by atoms with E-state index in [1.165, 1.54) is 0 Å². The highest BCUT2D eigenvalue weighted by atomic mass is 16.5. The van der Waals surface area contributed by atoms with Gasteiger partial charge in [-0.2, -0.15) is 4.98 Å². The highest BCUT2D eigenvalue weighted by Gasteiger charge is 2.41. The van der Waals surface area contributed by atoms with Gasteiger partial charge in [0.15, 0.2) is 5.82 Å². The van der Waals surface area contributed by atoms with Gasteiger partial charge in [0, 0.05) is 7.11 Å². The summed E-state index contributed by atoms with van der Waals surface area (Å²) in [7, 11) is 1.57. The summed E-state index contributed by atoms with van der Waals surface area (Å²) in [5.74, 6) is -0.133. The van der Waals surface area contributed by atoms with Crippen LogP contribution in [0.15, 0.2) is 4.52 Å². The number of nitrogens with zero attached hydrogens (tertiary/aromatic N) is 2. The third-order valence-corrected chi connectivity index (χ3v) is 3.61. The van der Waals surface area contributed by atoms with Crippen LogP contribution >= 0.6 is 0 Å². The van der Waals surface area contributed by atoms with Crippen molar-refractivity contribution in [3.05, 3.63) is 11.7 Å². The average molecular weight is 254 g/mol. The van der Waals surface area contributed by atoms with Crippen molar-refractivity contribution in [3.8, 4) is 0 Å². The lowest BCUT2D eigenvalue weighted by molar-refractivity contribution is -0.142. The number of hydrogen-bond donors (Lipinski definition) is 1. The van der Waals surface area contributed by atoms with Gasteiger partial charge in [-0.15, -0.1) is 0 Å². The maximum Gasteiger partial charge on any atom is 0.307 e. The number of methoxy groups -OCH3 is 1. The molecular weight excluding hydrogens is 236 g/mol. The van der Waals surface area contributed by atoms with Crippen molar-refractivity contribution in [1.82, 2.24) is 10.1 Å². The molecule has 0 spiro atoms. The minimum atomic E-state index is -0.788. The molecule has 0 saturated heterocycles. The Morgan fingerprint density at radius 2 is 2.28 bits per heavy atom. The average Bonchev–Trinajstić information content (AvgIpc) is 2.93. The van der Waals surface area contributed by atoms with Crippen molar-refractivity contribution in [3.63, 3.8) is 0 Å². The molecule has 100 valence electrons. The molecule has 1 aliphatic rings. The maximum absolute atomic E-state index is 11.2. The molecule has 1 N–H and O–H groups in total. The van der Waals surface area contributed by atoms with Crippen LogP contribution in [0.4, 0.5) is 0 Å². The number of aliphatic carboxylic acids is 1. The predicted octanol–water partition coefficient (Wildman–Crippen LogP) is 1.99. The maximum atomic E-state index is 11.2. The van der Waals surface area contributed by atoms with E-state index in [9.17, 15) is 9.90 Å². The van der Waals surface area contributed by atoms with Gasteiger partial charge in [-0.1, -0.05) is 12.1 Å². The SMILES string of the molecule is COC(C)c1noc(C2CC(C)CC2C(=O)O)n1. The quantitative estimate of drug-likeness (QED) is 0.884. The van der Waals surface area contributed by atoms with Crippen LogP contribution in [0.3, 0.4) is 0 Å². The Bertz CT molecular complexity index is 431.